The van der Waals surface area contributed by atoms with Crippen LogP contribution in [0.5, 0.6) is 0 Å². The maximum atomic E-state index is 12.4. The van der Waals surface area contributed by atoms with Gasteiger partial charge in [0.15, 0.2) is 0 Å². The first-order chi connectivity index (χ1) is 9.90. The number of rotatable bonds is 7. The molecule has 0 unspecified atom stereocenters. The van der Waals surface area contributed by atoms with E-state index >= 15 is 0 Å². The van der Waals surface area contributed by atoms with Crippen molar-refractivity contribution in [1.29, 1.82) is 5.26 Å². The van der Waals surface area contributed by atoms with E-state index in [2.05, 4.69) is 0 Å². The molecule has 1 aromatic rings. The van der Waals surface area contributed by atoms with E-state index in [1.165, 1.54) is 6.07 Å². The van der Waals surface area contributed by atoms with Crippen molar-refractivity contribution >= 4 is 16.0 Å². The number of carbonyl (C=O) groups is 1. The summed E-state index contributed by atoms with van der Waals surface area (Å²) in [6, 6.07) is 8.29. The third-order valence-electron chi connectivity index (χ3n) is 3.27. The summed E-state index contributed by atoms with van der Waals surface area (Å²) in [5.41, 5.74) is 0.870. The monoisotopic (exact) mass is 308 g/mol. The summed E-state index contributed by atoms with van der Waals surface area (Å²) in [6.07, 6.45) is 1.88. The summed E-state index contributed by atoms with van der Waals surface area (Å²) >= 11 is 0. The maximum absolute atomic E-state index is 12.4. The molecule has 0 radical (unpaired) electrons. The molecule has 0 spiro atoms. The highest BCUT2D eigenvalue weighted by Crippen LogP contribution is 2.30. The van der Waals surface area contributed by atoms with Crippen LogP contribution in [-0.2, 0) is 20.6 Å². The van der Waals surface area contributed by atoms with Gasteiger partial charge in [-0.05, 0) is 36.5 Å². The maximum Gasteiger partial charge on any atom is 0.318 e. The van der Waals surface area contributed by atoms with Gasteiger partial charge in [0, 0.05) is 6.54 Å². The predicted molar refractivity (Wildman–Crippen MR) is 75.7 cm³/mol. The molecule has 2 rings (SSSR count). The number of carboxylic acid groups (broad SMARTS) is 1. The molecule has 0 saturated heterocycles. The lowest BCUT2D eigenvalue weighted by Crippen LogP contribution is -2.38. The molecule has 0 aliphatic heterocycles. The Bertz CT molecular complexity index is 674. The second kappa shape index (κ2) is 6.24. The Hall–Kier alpha value is -1.91. The quantitative estimate of drug-likeness (QED) is 0.815. The molecule has 1 fully saturated rings. The Labute approximate surface area is 123 Å². The zero-order valence-electron chi connectivity index (χ0n) is 11.4. The van der Waals surface area contributed by atoms with Crippen molar-refractivity contribution < 1.29 is 18.3 Å². The van der Waals surface area contributed by atoms with Gasteiger partial charge in [0.2, 0.25) is 10.0 Å². The van der Waals surface area contributed by atoms with Gasteiger partial charge in [0.05, 0.1) is 17.4 Å². The van der Waals surface area contributed by atoms with Crippen molar-refractivity contribution in [2.24, 2.45) is 5.92 Å². The van der Waals surface area contributed by atoms with Gasteiger partial charge in [-0.15, -0.1) is 0 Å². The third kappa shape index (κ3) is 4.55. The minimum atomic E-state index is -3.71. The van der Waals surface area contributed by atoms with Gasteiger partial charge >= 0.3 is 5.97 Å². The first-order valence-corrected chi connectivity index (χ1v) is 8.20. The van der Waals surface area contributed by atoms with E-state index in [0.717, 1.165) is 17.1 Å². The second-order valence-electron chi connectivity index (χ2n) is 5.20. The molecular weight excluding hydrogens is 292 g/mol. The van der Waals surface area contributed by atoms with Crippen molar-refractivity contribution in [3.05, 3.63) is 35.4 Å². The predicted octanol–water partition coefficient (Wildman–Crippen LogP) is 1.18. The van der Waals surface area contributed by atoms with E-state index in [1.807, 2.05) is 6.07 Å². The number of benzene rings is 1. The number of hydrogen-bond donors (Lipinski definition) is 1. The Balaban J connectivity index is 2.16. The van der Waals surface area contributed by atoms with Crippen molar-refractivity contribution in [3.8, 4) is 6.07 Å². The van der Waals surface area contributed by atoms with E-state index in [0.29, 0.717) is 11.1 Å². The molecule has 0 bridgehead atoms. The Kier molecular flexibility index (Phi) is 4.60. The van der Waals surface area contributed by atoms with E-state index in [1.54, 1.807) is 18.2 Å². The van der Waals surface area contributed by atoms with Crippen LogP contribution in [0.25, 0.3) is 0 Å². The zero-order valence-corrected chi connectivity index (χ0v) is 12.2. The lowest BCUT2D eigenvalue weighted by Gasteiger charge is -2.20. The first-order valence-electron chi connectivity index (χ1n) is 6.59. The summed E-state index contributed by atoms with van der Waals surface area (Å²) in [4.78, 5) is 10.9. The fourth-order valence-corrected chi connectivity index (χ4v) is 3.58. The summed E-state index contributed by atoms with van der Waals surface area (Å²) in [5.74, 6) is -1.18. The highest BCUT2D eigenvalue weighted by atomic mass is 32.2. The van der Waals surface area contributed by atoms with Gasteiger partial charge in [-0.25, -0.2) is 8.42 Å². The lowest BCUT2D eigenvalue weighted by atomic mass is 10.2. The standard InChI is InChI=1S/C14H16N2O4S/c15-7-12-2-1-3-13(6-12)10-21(19,20)16(9-14(17)18)8-11-4-5-11/h1-3,6,11H,4-5,8-10H2,(H,17,18). The highest BCUT2D eigenvalue weighted by molar-refractivity contribution is 7.88. The highest BCUT2D eigenvalue weighted by Gasteiger charge is 2.32. The van der Waals surface area contributed by atoms with Crippen LogP contribution in [-0.4, -0.2) is 36.9 Å². The Morgan fingerprint density at radius 3 is 2.71 bits per heavy atom. The molecule has 0 heterocycles. The van der Waals surface area contributed by atoms with Crippen LogP contribution in [0.15, 0.2) is 24.3 Å². The van der Waals surface area contributed by atoms with E-state index in [4.69, 9.17) is 10.4 Å². The molecule has 0 amide bonds. The van der Waals surface area contributed by atoms with Crippen molar-refractivity contribution in [2.75, 3.05) is 13.1 Å². The topological polar surface area (TPSA) is 98.5 Å². The van der Waals surface area contributed by atoms with Crippen LogP contribution in [0.2, 0.25) is 0 Å². The molecule has 1 aliphatic rings. The van der Waals surface area contributed by atoms with Crippen LogP contribution >= 0.6 is 0 Å². The molecule has 0 aromatic heterocycles. The smallest absolute Gasteiger partial charge is 0.318 e. The number of hydrogen-bond acceptors (Lipinski definition) is 4. The summed E-state index contributed by atoms with van der Waals surface area (Å²) in [7, 11) is -3.71. The molecule has 1 saturated carbocycles. The van der Waals surface area contributed by atoms with E-state index in [9.17, 15) is 13.2 Å². The zero-order chi connectivity index (χ0) is 15.5. The molecule has 1 aliphatic carbocycles. The van der Waals surface area contributed by atoms with Crippen molar-refractivity contribution in [2.45, 2.75) is 18.6 Å². The summed E-state index contributed by atoms with van der Waals surface area (Å²) < 4.78 is 25.8. The van der Waals surface area contributed by atoms with Crippen LogP contribution in [0.3, 0.4) is 0 Å². The molecule has 1 N–H and O–H groups in total. The number of carboxylic acids is 1. The van der Waals surface area contributed by atoms with Crippen LogP contribution in [0.1, 0.15) is 24.0 Å². The first kappa shape index (κ1) is 15.5. The van der Waals surface area contributed by atoms with Gasteiger partial charge in [0.25, 0.3) is 0 Å². The Morgan fingerprint density at radius 2 is 2.14 bits per heavy atom. The van der Waals surface area contributed by atoms with Gasteiger partial charge in [-0.2, -0.15) is 9.57 Å². The second-order valence-corrected chi connectivity index (χ2v) is 7.17. The fraction of sp³-hybridized carbons (Fsp3) is 0.429. The minimum Gasteiger partial charge on any atom is -0.480 e. The largest absolute Gasteiger partial charge is 0.480 e. The normalized spacial score (nSPS) is 14.9. The number of aliphatic carboxylic acids is 1. The SMILES string of the molecule is N#Cc1cccc(CS(=O)(=O)N(CC(=O)O)CC2CC2)c1. The summed E-state index contributed by atoms with van der Waals surface area (Å²) in [5, 5.41) is 17.7. The molecule has 112 valence electrons. The van der Waals surface area contributed by atoms with Crippen LogP contribution in [0.4, 0.5) is 0 Å². The minimum absolute atomic E-state index is 0.257. The molecular formula is C14H16N2O4S. The molecule has 7 heteroatoms. The van der Waals surface area contributed by atoms with Crippen LogP contribution < -0.4 is 0 Å². The summed E-state index contributed by atoms with van der Waals surface area (Å²) in [6.45, 7) is -0.261. The van der Waals surface area contributed by atoms with Crippen LogP contribution in [0, 0.1) is 17.2 Å². The van der Waals surface area contributed by atoms with E-state index in [-0.39, 0.29) is 18.2 Å². The van der Waals surface area contributed by atoms with Crippen molar-refractivity contribution in [3.63, 3.8) is 0 Å². The number of nitriles is 1. The number of nitrogens with zero attached hydrogens (tertiary/aromatic N) is 2. The van der Waals surface area contributed by atoms with E-state index < -0.39 is 22.5 Å². The Morgan fingerprint density at radius 1 is 1.43 bits per heavy atom. The average molecular weight is 308 g/mol. The third-order valence-corrected chi connectivity index (χ3v) is 5.03. The lowest BCUT2D eigenvalue weighted by molar-refractivity contribution is -0.137. The molecule has 21 heavy (non-hydrogen) atoms. The fourth-order valence-electron chi connectivity index (χ4n) is 2.05. The number of sulfonamides is 1. The molecule has 0 atom stereocenters. The van der Waals surface area contributed by atoms with Gasteiger partial charge < -0.3 is 5.11 Å². The molecule has 6 nitrogen and oxygen atoms in total. The van der Waals surface area contributed by atoms with Gasteiger partial charge in [-0.3, -0.25) is 4.79 Å². The van der Waals surface area contributed by atoms with Gasteiger partial charge in [0.1, 0.15) is 6.54 Å². The van der Waals surface area contributed by atoms with Crippen molar-refractivity contribution in [1.82, 2.24) is 4.31 Å². The average Bonchev–Trinajstić information content (AvgIpc) is 3.21. The molecule has 1 aromatic carbocycles. The van der Waals surface area contributed by atoms with Gasteiger partial charge in [-0.1, -0.05) is 12.1 Å².